The molecule has 0 bridgehead atoms. The molecule has 0 aliphatic rings. The van der Waals surface area contributed by atoms with E-state index in [0.717, 1.165) is 11.1 Å². The largest absolute Gasteiger partial charge is 0.452 e. The van der Waals surface area contributed by atoms with Gasteiger partial charge in [0.15, 0.2) is 12.2 Å². The number of aliphatic hydroxyl groups excluding tert-OH is 4. The van der Waals surface area contributed by atoms with E-state index in [0.29, 0.717) is 5.56 Å². The number of nitrogens with two attached hydrogens (primary N) is 1. The van der Waals surface area contributed by atoms with Crippen LogP contribution >= 0.6 is 0 Å². The number of carbonyl (C=O) groups is 2. The lowest BCUT2D eigenvalue weighted by Gasteiger charge is -2.27. The molecule has 0 aliphatic carbocycles. The van der Waals surface area contributed by atoms with Crippen molar-refractivity contribution in [2.24, 2.45) is 5.73 Å². The molecule has 196 valence electrons. The number of aliphatic hydroxyl groups is 4. The maximum atomic E-state index is 13.1. The van der Waals surface area contributed by atoms with Crippen molar-refractivity contribution in [3.63, 3.8) is 0 Å². The van der Waals surface area contributed by atoms with Gasteiger partial charge in [-0.1, -0.05) is 91.0 Å². The molecule has 0 spiro atoms. The smallest absolute Gasteiger partial charge is 0.309 e. The highest BCUT2D eigenvalue weighted by atomic mass is 16.5. The molecule has 0 saturated heterocycles. The summed E-state index contributed by atoms with van der Waals surface area (Å²) < 4.78 is 5.86. The maximum Gasteiger partial charge on any atom is 0.309 e. The van der Waals surface area contributed by atoms with E-state index in [-0.39, 0.29) is 6.42 Å². The highest BCUT2D eigenvalue weighted by molar-refractivity contribution is 5.82. The summed E-state index contributed by atoms with van der Waals surface area (Å²) >= 11 is 0. The van der Waals surface area contributed by atoms with Gasteiger partial charge < -0.3 is 36.2 Å². The second-order valence-corrected chi connectivity index (χ2v) is 8.64. The Bertz CT molecular complexity index is 1080. The Hall–Kier alpha value is -3.60. The average Bonchev–Trinajstić information content (AvgIpc) is 2.95. The minimum atomic E-state index is -2.06. The van der Waals surface area contributed by atoms with Crippen molar-refractivity contribution in [1.82, 2.24) is 5.32 Å². The molecule has 37 heavy (non-hydrogen) atoms. The normalized spacial score (nSPS) is 15.3. The number of ether oxygens (including phenoxy) is 1. The molecule has 7 N–H and O–H groups in total. The monoisotopic (exact) mass is 508 g/mol. The number of carbonyl (C=O) groups excluding carboxylic acids is 2. The summed E-state index contributed by atoms with van der Waals surface area (Å²) in [5.74, 6) is -1.63. The number of hydrogen-bond donors (Lipinski definition) is 6. The molecular formula is C28H32N2O7. The van der Waals surface area contributed by atoms with Crippen molar-refractivity contribution in [1.29, 1.82) is 0 Å². The van der Waals surface area contributed by atoms with E-state index in [1.165, 1.54) is 0 Å². The van der Waals surface area contributed by atoms with Crippen LogP contribution in [-0.2, 0) is 14.3 Å². The standard InChI is InChI=1S/C28H32N2O7/c29-21(17-31)24(33)25(34)26(35)28(36)30-22(18-10-4-1-5-11-18)16-23(32)37-27(19-12-6-2-7-13-19)20-14-8-3-9-15-20/h1-15,21-22,24-27,31,33-35H,16-17,29H2,(H,30,36)/t21-,22?,24-,25-,26+/m1/s1. The minimum Gasteiger partial charge on any atom is -0.452 e. The molecule has 0 fully saturated rings. The Morgan fingerprint density at radius 3 is 1.68 bits per heavy atom. The molecule has 5 atom stereocenters. The zero-order valence-electron chi connectivity index (χ0n) is 20.1. The van der Waals surface area contributed by atoms with Crippen LogP contribution in [0.15, 0.2) is 91.0 Å². The first-order valence-electron chi connectivity index (χ1n) is 11.9. The van der Waals surface area contributed by atoms with Gasteiger partial charge in [0.2, 0.25) is 0 Å². The van der Waals surface area contributed by atoms with Gasteiger partial charge in [0.05, 0.1) is 25.1 Å². The fraction of sp³-hybridized carbons (Fsp3) is 0.286. The third-order valence-corrected chi connectivity index (χ3v) is 5.93. The van der Waals surface area contributed by atoms with Gasteiger partial charge in [-0.3, -0.25) is 9.59 Å². The number of rotatable bonds is 12. The van der Waals surface area contributed by atoms with Crippen LogP contribution in [0.3, 0.4) is 0 Å². The topological polar surface area (TPSA) is 162 Å². The van der Waals surface area contributed by atoms with Crippen LogP contribution in [0.4, 0.5) is 0 Å². The number of esters is 1. The predicted octanol–water partition coefficient (Wildman–Crippen LogP) is 0.969. The van der Waals surface area contributed by atoms with Gasteiger partial charge in [-0.05, 0) is 16.7 Å². The Kier molecular flexibility index (Phi) is 10.3. The third kappa shape index (κ3) is 7.69. The van der Waals surface area contributed by atoms with E-state index in [4.69, 9.17) is 15.6 Å². The second kappa shape index (κ2) is 13.6. The minimum absolute atomic E-state index is 0.270. The van der Waals surface area contributed by atoms with E-state index >= 15 is 0 Å². The van der Waals surface area contributed by atoms with Crippen LogP contribution < -0.4 is 11.1 Å². The molecule has 0 heterocycles. The zero-order chi connectivity index (χ0) is 26.8. The fourth-order valence-corrected chi connectivity index (χ4v) is 3.83. The van der Waals surface area contributed by atoms with Crippen LogP contribution in [0.5, 0.6) is 0 Å². The molecule has 0 aromatic heterocycles. The van der Waals surface area contributed by atoms with Crippen LogP contribution in [0.1, 0.15) is 35.3 Å². The number of amides is 1. The van der Waals surface area contributed by atoms with Gasteiger partial charge in [0.1, 0.15) is 12.2 Å². The van der Waals surface area contributed by atoms with Crippen molar-refractivity contribution in [3.8, 4) is 0 Å². The molecule has 3 rings (SSSR count). The van der Waals surface area contributed by atoms with E-state index < -0.39 is 55.0 Å². The molecule has 1 amide bonds. The maximum absolute atomic E-state index is 13.1. The van der Waals surface area contributed by atoms with E-state index in [1.807, 2.05) is 60.7 Å². The lowest BCUT2D eigenvalue weighted by Crippen LogP contribution is -2.54. The quantitative estimate of drug-likeness (QED) is 0.197. The Morgan fingerprint density at radius 1 is 0.757 bits per heavy atom. The summed E-state index contributed by atoms with van der Waals surface area (Å²) in [5, 5.41) is 42.0. The van der Waals surface area contributed by atoms with Crippen molar-refractivity contribution in [2.75, 3.05) is 6.61 Å². The summed E-state index contributed by atoms with van der Waals surface area (Å²) in [5.41, 5.74) is 7.61. The first kappa shape index (κ1) is 28.0. The summed E-state index contributed by atoms with van der Waals surface area (Å²) in [4.78, 5) is 25.9. The number of hydrogen-bond acceptors (Lipinski definition) is 8. The third-order valence-electron chi connectivity index (χ3n) is 5.93. The van der Waals surface area contributed by atoms with Crippen LogP contribution in [0, 0.1) is 0 Å². The Labute approximate surface area is 215 Å². The Morgan fingerprint density at radius 2 is 1.22 bits per heavy atom. The Balaban J connectivity index is 1.78. The zero-order valence-corrected chi connectivity index (χ0v) is 20.1. The second-order valence-electron chi connectivity index (χ2n) is 8.64. The molecular weight excluding hydrogens is 476 g/mol. The van der Waals surface area contributed by atoms with Gasteiger partial charge >= 0.3 is 5.97 Å². The molecule has 0 aliphatic heterocycles. The van der Waals surface area contributed by atoms with Gasteiger partial charge in [-0.25, -0.2) is 0 Å². The molecule has 1 unspecified atom stereocenters. The summed E-state index contributed by atoms with van der Waals surface area (Å²) in [7, 11) is 0. The van der Waals surface area contributed by atoms with E-state index in [2.05, 4.69) is 5.32 Å². The van der Waals surface area contributed by atoms with Crippen LogP contribution in [0.25, 0.3) is 0 Å². The SMILES string of the molecule is N[C@H](CO)[C@@H](O)[C@@H](O)[C@H](O)C(=O)NC(CC(=O)OC(c1ccccc1)c1ccccc1)c1ccccc1. The predicted molar refractivity (Wildman–Crippen MR) is 136 cm³/mol. The highest BCUT2D eigenvalue weighted by Crippen LogP contribution is 2.28. The molecule has 3 aromatic carbocycles. The molecule has 0 saturated carbocycles. The van der Waals surface area contributed by atoms with Crippen LogP contribution in [0.2, 0.25) is 0 Å². The van der Waals surface area contributed by atoms with Crippen LogP contribution in [-0.4, -0.2) is 63.3 Å². The van der Waals surface area contributed by atoms with Gasteiger partial charge in [0, 0.05) is 0 Å². The fourth-order valence-electron chi connectivity index (χ4n) is 3.83. The van der Waals surface area contributed by atoms with Gasteiger partial charge in [0.25, 0.3) is 5.91 Å². The van der Waals surface area contributed by atoms with Crippen molar-refractivity contribution >= 4 is 11.9 Å². The summed E-state index contributed by atoms with van der Waals surface area (Å²) in [6.07, 6.45) is -6.71. The summed E-state index contributed by atoms with van der Waals surface area (Å²) in [6, 6.07) is 24.9. The van der Waals surface area contributed by atoms with E-state index in [1.54, 1.807) is 30.3 Å². The van der Waals surface area contributed by atoms with Gasteiger partial charge in [-0.2, -0.15) is 0 Å². The summed E-state index contributed by atoms with van der Waals surface area (Å²) in [6.45, 7) is -0.658. The van der Waals surface area contributed by atoms with E-state index in [9.17, 15) is 24.9 Å². The number of nitrogens with one attached hydrogen (secondary N) is 1. The molecule has 0 radical (unpaired) electrons. The average molecular weight is 509 g/mol. The first-order valence-corrected chi connectivity index (χ1v) is 11.9. The van der Waals surface area contributed by atoms with Crippen molar-refractivity contribution in [3.05, 3.63) is 108 Å². The molecule has 3 aromatic rings. The lowest BCUT2D eigenvalue weighted by atomic mass is 9.99. The highest BCUT2D eigenvalue weighted by Gasteiger charge is 2.35. The number of benzene rings is 3. The van der Waals surface area contributed by atoms with Gasteiger partial charge in [-0.15, -0.1) is 0 Å². The lowest BCUT2D eigenvalue weighted by molar-refractivity contribution is -0.149. The van der Waals surface area contributed by atoms with Crippen molar-refractivity contribution in [2.45, 2.75) is 42.9 Å². The first-order chi connectivity index (χ1) is 17.8. The molecule has 9 heteroatoms. The molecule has 9 nitrogen and oxygen atoms in total. The van der Waals surface area contributed by atoms with Crippen molar-refractivity contribution < 1.29 is 34.8 Å².